The maximum atomic E-state index is 12.4. The van der Waals surface area contributed by atoms with Crippen LogP contribution < -0.4 is 4.74 Å². The first kappa shape index (κ1) is 16.3. The molecular weight excluding hydrogens is 286 g/mol. The number of carbonyl (C=O) groups excluding carboxylic acids is 1. The summed E-state index contributed by atoms with van der Waals surface area (Å²) in [6.45, 7) is 1.19. The standard InChI is InChI=1S/C16H21NO5/c1-21-14-5-3-2-4-12(14)6-7-15(18)17-8-9-22-11-13(17)10-16(19)20/h2-5,13H,6-11H2,1H3,(H,19,20)/t13-/m0/s1. The van der Waals surface area contributed by atoms with Gasteiger partial charge in [0.05, 0.1) is 32.8 Å². The molecule has 0 bridgehead atoms. The van der Waals surface area contributed by atoms with E-state index in [4.69, 9.17) is 14.6 Å². The van der Waals surface area contributed by atoms with Gasteiger partial charge in [-0.25, -0.2) is 0 Å². The summed E-state index contributed by atoms with van der Waals surface area (Å²) >= 11 is 0. The molecule has 6 nitrogen and oxygen atoms in total. The predicted molar refractivity (Wildman–Crippen MR) is 79.9 cm³/mol. The normalized spacial score (nSPS) is 18.0. The monoisotopic (exact) mass is 307 g/mol. The second-order valence-corrected chi connectivity index (χ2v) is 5.23. The smallest absolute Gasteiger partial charge is 0.305 e. The molecule has 1 atom stereocenters. The maximum Gasteiger partial charge on any atom is 0.305 e. The molecule has 1 fully saturated rings. The summed E-state index contributed by atoms with van der Waals surface area (Å²) in [4.78, 5) is 24.9. The number of para-hydroxylation sites is 1. The zero-order valence-electron chi connectivity index (χ0n) is 12.7. The van der Waals surface area contributed by atoms with E-state index in [-0.39, 0.29) is 25.0 Å². The van der Waals surface area contributed by atoms with E-state index in [2.05, 4.69) is 0 Å². The molecule has 1 aliphatic heterocycles. The predicted octanol–water partition coefficient (Wildman–Crippen LogP) is 1.33. The Balaban J connectivity index is 1.96. The molecule has 120 valence electrons. The van der Waals surface area contributed by atoms with E-state index in [1.165, 1.54) is 0 Å². The number of methoxy groups -OCH3 is 1. The van der Waals surface area contributed by atoms with Gasteiger partial charge in [0.25, 0.3) is 0 Å². The summed E-state index contributed by atoms with van der Waals surface area (Å²) in [6.07, 6.45) is 0.816. The van der Waals surface area contributed by atoms with Gasteiger partial charge < -0.3 is 19.5 Å². The molecule has 0 radical (unpaired) electrons. The Kier molecular flexibility index (Phi) is 5.77. The van der Waals surface area contributed by atoms with Crippen LogP contribution in [0.1, 0.15) is 18.4 Å². The van der Waals surface area contributed by atoms with Crippen molar-refractivity contribution in [2.75, 3.05) is 26.9 Å². The Bertz CT molecular complexity index is 531. The van der Waals surface area contributed by atoms with Crippen LogP contribution in [-0.2, 0) is 20.7 Å². The Morgan fingerprint density at radius 3 is 2.91 bits per heavy atom. The number of hydrogen-bond donors (Lipinski definition) is 1. The van der Waals surface area contributed by atoms with Crippen LogP contribution in [0.2, 0.25) is 0 Å². The van der Waals surface area contributed by atoms with Crippen LogP contribution in [0, 0.1) is 0 Å². The van der Waals surface area contributed by atoms with Gasteiger partial charge in [0, 0.05) is 13.0 Å². The van der Waals surface area contributed by atoms with E-state index >= 15 is 0 Å². The van der Waals surface area contributed by atoms with Crippen LogP contribution >= 0.6 is 0 Å². The molecule has 1 aromatic carbocycles. The number of carbonyl (C=O) groups is 2. The van der Waals surface area contributed by atoms with Crippen molar-refractivity contribution in [2.24, 2.45) is 0 Å². The largest absolute Gasteiger partial charge is 0.496 e. The third-order valence-corrected chi connectivity index (χ3v) is 3.76. The number of hydrogen-bond acceptors (Lipinski definition) is 4. The molecule has 1 heterocycles. The first-order chi connectivity index (χ1) is 10.6. The molecule has 0 saturated carbocycles. The zero-order chi connectivity index (χ0) is 15.9. The number of morpholine rings is 1. The summed E-state index contributed by atoms with van der Waals surface area (Å²) in [7, 11) is 1.60. The average Bonchev–Trinajstić information content (AvgIpc) is 2.52. The molecule has 6 heteroatoms. The van der Waals surface area contributed by atoms with Crippen molar-refractivity contribution < 1.29 is 24.2 Å². The molecule has 1 amide bonds. The fourth-order valence-corrected chi connectivity index (χ4v) is 2.65. The third-order valence-electron chi connectivity index (χ3n) is 3.76. The number of ether oxygens (including phenoxy) is 2. The van der Waals surface area contributed by atoms with Gasteiger partial charge in [-0.3, -0.25) is 9.59 Å². The second-order valence-electron chi connectivity index (χ2n) is 5.23. The molecule has 0 spiro atoms. The van der Waals surface area contributed by atoms with Crippen LogP contribution in [-0.4, -0.2) is 54.8 Å². The summed E-state index contributed by atoms with van der Waals surface area (Å²) < 4.78 is 10.6. The van der Waals surface area contributed by atoms with Crippen LogP contribution in [0.5, 0.6) is 5.75 Å². The SMILES string of the molecule is COc1ccccc1CCC(=O)N1CCOC[C@@H]1CC(=O)O. The second kappa shape index (κ2) is 7.79. The molecule has 2 rings (SSSR count). The minimum atomic E-state index is -0.918. The minimum Gasteiger partial charge on any atom is -0.496 e. The lowest BCUT2D eigenvalue weighted by Gasteiger charge is -2.35. The number of rotatable bonds is 6. The summed E-state index contributed by atoms with van der Waals surface area (Å²) in [5.74, 6) is -0.196. The van der Waals surface area contributed by atoms with Crippen molar-refractivity contribution in [1.82, 2.24) is 4.90 Å². The zero-order valence-corrected chi connectivity index (χ0v) is 12.7. The quantitative estimate of drug-likeness (QED) is 0.858. The fraction of sp³-hybridized carbons (Fsp3) is 0.500. The van der Waals surface area contributed by atoms with E-state index in [1.54, 1.807) is 12.0 Å². The Morgan fingerprint density at radius 1 is 1.41 bits per heavy atom. The van der Waals surface area contributed by atoms with Crippen molar-refractivity contribution >= 4 is 11.9 Å². The van der Waals surface area contributed by atoms with Crippen LogP contribution in [0.4, 0.5) is 0 Å². The van der Waals surface area contributed by atoms with Crippen LogP contribution in [0.15, 0.2) is 24.3 Å². The number of carboxylic acid groups (broad SMARTS) is 1. The Labute approximate surface area is 129 Å². The summed E-state index contributed by atoms with van der Waals surface area (Å²) in [6, 6.07) is 7.21. The first-order valence-electron chi connectivity index (χ1n) is 7.32. The highest BCUT2D eigenvalue weighted by Gasteiger charge is 2.28. The lowest BCUT2D eigenvalue weighted by Crippen LogP contribution is -2.49. The first-order valence-corrected chi connectivity index (χ1v) is 7.32. The van der Waals surface area contributed by atoms with Crippen LogP contribution in [0.3, 0.4) is 0 Å². The van der Waals surface area contributed by atoms with Gasteiger partial charge in [0.1, 0.15) is 5.75 Å². The lowest BCUT2D eigenvalue weighted by molar-refractivity contribution is -0.146. The molecule has 1 aliphatic rings. The van der Waals surface area contributed by atoms with E-state index in [0.717, 1.165) is 11.3 Å². The highest BCUT2D eigenvalue weighted by molar-refractivity contribution is 5.78. The van der Waals surface area contributed by atoms with Crippen molar-refractivity contribution in [3.63, 3.8) is 0 Å². The number of carboxylic acids is 1. The highest BCUT2D eigenvalue weighted by atomic mass is 16.5. The Hall–Kier alpha value is -2.08. The third kappa shape index (κ3) is 4.21. The number of benzene rings is 1. The lowest BCUT2D eigenvalue weighted by atomic mass is 10.1. The molecule has 0 unspecified atom stereocenters. The molecule has 22 heavy (non-hydrogen) atoms. The van der Waals surface area contributed by atoms with E-state index in [1.807, 2.05) is 24.3 Å². The fourth-order valence-electron chi connectivity index (χ4n) is 2.65. The van der Waals surface area contributed by atoms with Gasteiger partial charge in [-0.15, -0.1) is 0 Å². The molecule has 0 aromatic heterocycles. The Morgan fingerprint density at radius 2 is 2.18 bits per heavy atom. The average molecular weight is 307 g/mol. The summed E-state index contributed by atoms with van der Waals surface area (Å²) in [5.41, 5.74) is 0.974. The van der Waals surface area contributed by atoms with Gasteiger partial charge in [0.2, 0.25) is 5.91 Å². The highest BCUT2D eigenvalue weighted by Crippen LogP contribution is 2.20. The number of aliphatic carboxylic acids is 1. The van der Waals surface area contributed by atoms with E-state index in [9.17, 15) is 9.59 Å². The van der Waals surface area contributed by atoms with Crippen molar-refractivity contribution in [1.29, 1.82) is 0 Å². The summed E-state index contributed by atoms with van der Waals surface area (Å²) in [5, 5.41) is 8.93. The van der Waals surface area contributed by atoms with Gasteiger partial charge in [0.15, 0.2) is 0 Å². The van der Waals surface area contributed by atoms with Crippen molar-refractivity contribution in [3.05, 3.63) is 29.8 Å². The number of amides is 1. The van der Waals surface area contributed by atoms with Crippen molar-refractivity contribution in [3.8, 4) is 5.75 Å². The van der Waals surface area contributed by atoms with E-state index in [0.29, 0.717) is 26.0 Å². The van der Waals surface area contributed by atoms with Gasteiger partial charge in [-0.1, -0.05) is 18.2 Å². The van der Waals surface area contributed by atoms with Gasteiger partial charge >= 0.3 is 5.97 Å². The minimum absolute atomic E-state index is 0.0412. The van der Waals surface area contributed by atoms with Crippen LogP contribution in [0.25, 0.3) is 0 Å². The molecule has 1 saturated heterocycles. The van der Waals surface area contributed by atoms with Crippen molar-refractivity contribution in [2.45, 2.75) is 25.3 Å². The molecule has 1 N–H and O–H groups in total. The van der Waals surface area contributed by atoms with Gasteiger partial charge in [-0.05, 0) is 18.1 Å². The topological polar surface area (TPSA) is 76.1 Å². The maximum absolute atomic E-state index is 12.4. The molecule has 1 aromatic rings. The number of nitrogens with zero attached hydrogens (tertiary/aromatic N) is 1. The van der Waals surface area contributed by atoms with Gasteiger partial charge in [-0.2, -0.15) is 0 Å². The molecular formula is C16H21NO5. The number of aryl methyl sites for hydroxylation is 1. The molecule has 0 aliphatic carbocycles. The van der Waals surface area contributed by atoms with E-state index < -0.39 is 5.97 Å².